The Hall–Kier alpha value is -0.860. The minimum absolute atomic E-state index is 0.586. The Balaban J connectivity index is 2.19. The van der Waals surface area contributed by atoms with Crippen molar-refractivity contribution in [3.05, 3.63) is 34.9 Å². The molecule has 1 aromatic carbocycles. The molecule has 2 unspecified atom stereocenters. The van der Waals surface area contributed by atoms with E-state index in [1.54, 1.807) is 0 Å². The molecule has 1 aromatic rings. The van der Waals surface area contributed by atoms with Gasteiger partial charge in [-0.3, -0.25) is 4.90 Å². The molecule has 1 aliphatic rings. The van der Waals surface area contributed by atoms with Crippen LogP contribution in [0, 0.1) is 19.8 Å². The second kappa shape index (κ2) is 5.85. The summed E-state index contributed by atoms with van der Waals surface area (Å²) in [7, 11) is 2.26. The van der Waals surface area contributed by atoms with Gasteiger partial charge in [0.2, 0.25) is 0 Å². The van der Waals surface area contributed by atoms with Gasteiger partial charge in [0.25, 0.3) is 0 Å². The zero-order valence-corrected chi connectivity index (χ0v) is 12.2. The summed E-state index contributed by atoms with van der Waals surface area (Å²) in [5.74, 6) is 0.747. The Morgan fingerprint density at radius 3 is 2.72 bits per heavy atom. The van der Waals surface area contributed by atoms with Crippen LogP contribution in [-0.4, -0.2) is 31.6 Å². The van der Waals surface area contributed by atoms with Crippen LogP contribution >= 0.6 is 0 Å². The quantitative estimate of drug-likeness (QED) is 0.879. The van der Waals surface area contributed by atoms with Crippen LogP contribution in [0.4, 0.5) is 0 Å². The smallest absolute Gasteiger partial charge is 0.0385 e. The summed E-state index contributed by atoms with van der Waals surface area (Å²) in [5, 5.41) is 3.51. The molecule has 2 heteroatoms. The standard InChI is InChI=1S/C16H26N2/c1-5-17-11-15-8-9-18(4)16(15)14-7-6-12(2)13(3)10-14/h6-7,10,15-17H,5,8-9,11H2,1-4H3. The SMILES string of the molecule is CCNCC1CCN(C)C1c1ccc(C)c(C)c1. The van der Waals surface area contributed by atoms with Gasteiger partial charge in [0.05, 0.1) is 0 Å². The zero-order valence-electron chi connectivity index (χ0n) is 12.2. The van der Waals surface area contributed by atoms with Crippen LogP contribution in [0.15, 0.2) is 18.2 Å². The number of aryl methyl sites for hydroxylation is 2. The monoisotopic (exact) mass is 246 g/mol. The summed E-state index contributed by atoms with van der Waals surface area (Å²) in [6.07, 6.45) is 1.31. The number of nitrogens with one attached hydrogen (secondary N) is 1. The molecule has 0 aromatic heterocycles. The maximum atomic E-state index is 3.51. The molecule has 2 atom stereocenters. The van der Waals surface area contributed by atoms with Crippen LogP contribution in [0.25, 0.3) is 0 Å². The summed E-state index contributed by atoms with van der Waals surface area (Å²) < 4.78 is 0. The lowest BCUT2D eigenvalue weighted by molar-refractivity contribution is 0.272. The second-order valence-corrected chi connectivity index (χ2v) is 5.63. The van der Waals surface area contributed by atoms with Gasteiger partial charge in [0.1, 0.15) is 0 Å². The Bertz CT molecular complexity index is 400. The van der Waals surface area contributed by atoms with E-state index in [1.807, 2.05) is 0 Å². The van der Waals surface area contributed by atoms with Crippen molar-refractivity contribution in [2.75, 3.05) is 26.7 Å². The third-order valence-corrected chi connectivity index (χ3v) is 4.30. The molecular weight excluding hydrogens is 220 g/mol. The first-order chi connectivity index (χ1) is 8.63. The topological polar surface area (TPSA) is 15.3 Å². The van der Waals surface area contributed by atoms with Crippen molar-refractivity contribution < 1.29 is 0 Å². The lowest BCUT2D eigenvalue weighted by Gasteiger charge is -2.26. The van der Waals surface area contributed by atoms with E-state index in [-0.39, 0.29) is 0 Å². The molecular formula is C16H26N2. The van der Waals surface area contributed by atoms with E-state index in [4.69, 9.17) is 0 Å². The predicted octanol–water partition coefficient (Wildman–Crippen LogP) is 2.91. The highest BCUT2D eigenvalue weighted by molar-refractivity contribution is 5.32. The van der Waals surface area contributed by atoms with Gasteiger partial charge in [0, 0.05) is 6.04 Å². The highest BCUT2D eigenvalue weighted by Crippen LogP contribution is 2.36. The Morgan fingerprint density at radius 2 is 2.06 bits per heavy atom. The molecule has 18 heavy (non-hydrogen) atoms. The molecule has 1 heterocycles. The van der Waals surface area contributed by atoms with Crippen LogP contribution in [0.1, 0.15) is 36.1 Å². The summed E-state index contributed by atoms with van der Waals surface area (Å²) in [6, 6.07) is 7.54. The molecule has 0 bridgehead atoms. The van der Waals surface area contributed by atoms with Gasteiger partial charge in [0.15, 0.2) is 0 Å². The number of likely N-dealkylation sites (tertiary alicyclic amines) is 1. The van der Waals surface area contributed by atoms with Crippen molar-refractivity contribution >= 4 is 0 Å². The average molecular weight is 246 g/mol. The van der Waals surface area contributed by atoms with Crippen molar-refractivity contribution in [1.82, 2.24) is 10.2 Å². The Kier molecular flexibility index (Phi) is 4.41. The average Bonchev–Trinajstić information content (AvgIpc) is 2.71. The highest BCUT2D eigenvalue weighted by atomic mass is 15.2. The van der Waals surface area contributed by atoms with Gasteiger partial charge >= 0.3 is 0 Å². The molecule has 0 spiro atoms. The van der Waals surface area contributed by atoms with Gasteiger partial charge in [-0.25, -0.2) is 0 Å². The second-order valence-electron chi connectivity index (χ2n) is 5.63. The van der Waals surface area contributed by atoms with Crippen LogP contribution in [0.3, 0.4) is 0 Å². The van der Waals surface area contributed by atoms with Crippen molar-refractivity contribution in [2.45, 2.75) is 33.2 Å². The molecule has 100 valence electrons. The number of benzene rings is 1. The molecule has 0 saturated carbocycles. The normalized spacial score (nSPS) is 24.7. The first-order valence-corrected chi connectivity index (χ1v) is 7.11. The largest absolute Gasteiger partial charge is 0.317 e. The first kappa shape index (κ1) is 13.6. The van der Waals surface area contributed by atoms with Crippen molar-refractivity contribution in [3.8, 4) is 0 Å². The van der Waals surface area contributed by atoms with Crippen molar-refractivity contribution in [2.24, 2.45) is 5.92 Å². The lowest BCUT2D eigenvalue weighted by Crippen LogP contribution is -2.28. The molecule has 1 aliphatic heterocycles. The molecule has 0 radical (unpaired) electrons. The Morgan fingerprint density at radius 1 is 1.28 bits per heavy atom. The van der Waals surface area contributed by atoms with E-state index in [9.17, 15) is 0 Å². The molecule has 2 nitrogen and oxygen atoms in total. The fourth-order valence-electron chi connectivity index (χ4n) is 3.04. The van der Waals surface area contributed by atoms with E-state index in [1.165, 1.54) is 29.7 Å². The number of rotatable bonds is 4. The maximum absolute atomic E-state index is 3.51. The third kappa shape index (κ3) is 2.76. The van der Waals surface area contributed by atoms with Crippen LogP contribution in [0.2, 0.25) is 0 Å². The fraction of sp³-hybridized carbons (Fsp3) is 0.625. The van der Waals surface area contributed by atoms with E-state index < -0.39 is 0 Å². The summed E-state index contributed by atoms with van der Waals surface area (Å²) in [5.41, 5.74) is 4.29. The number of nitrogens with zero attached hydrogens (tertiary/aromatic N) is 1. The predicted molar refractivity (Wildman–Crippen MR) is 77.9 cm³/mol. The fourth-order valence-corrected chi connectivity index (χ4v) is 3.04. The summed E-state index contributed by atoms with van der Waals surface area (Å²) in [4.78, 5) is 2.51. The van der Waals surface area contributed by atoms with Crippen molar-refractivity contribution in [3.63, 3.8) is 0 Å². The Labute approximate surface area is 111 Å². The minimum atomic E-state index is 0.586. The lowest BCUT2D eigenvalue weighted by atomic mass is 9.92. The molecule has 0 aliphatic carbocycles. The number of hydrogen-bond acceptors (Lipinski definition) is 2. The van der Waals surface area contributed by atoms with E-state index >= 15 is 0 Å². The third-order valence-electron chi connectivity index (χ3n) is 4.30. The van der Waals surface area contributed by atoms with Crippen LogP contribution in [-0.2, 0) is 0 Å². The molecule has 0 amide bonds. The molecule has 1 N–H and O–H groups in total. The van der Waals surface area contributed by atoms with Crippen molar-refractivity contribution in [1.29, 1.82) is 0 Å². The van der Waals surface area contributed by atoms with Gasteiger partial charge in [-0.2, -0.15) is 0 Å². The maximum Gasteiger partial charge on any atom is 0.0385 e. The summed E-state index contributed by atoms with van der Waals surface area (Å²) >= 11 is 0. The molecule has 2 rings (SSSR count). The summed E-state index contributed by atoms with van der Waals surface area (Å²) in [6.45, 7) is 10.0. The zero-order chi connectivity index (χ0) is 13.1. The van der Waals surface area contributed by atoms with E-state index in [2.05, 4.69) is 56.2 Å². The van der Waals surface area contributed by atoms with Gasteiger partial charge in [-0.15, -0.1) is 0 Å². The van der Waals surface area contributed by atoms with Gasteiger partial charge < -0.3 is 5.32 Å². The minimum Gasteiger partial charge on any atom is -0.317 e. The highest BCUT2D eigenvalue weighted by Gasteiger charge is 2.32. The van der Waals surface area contributed by atoms with Gasteiger partial charge in [-0.05, 0) is 69.6 Å². The van der Waals surface area contributed by atoms with Crippen LogP contribution in [0.5, 0.6) is 0 Å². The van der Waals surface area contributed by atoms with Crippen LogP contribution < -0.4 is 5.32 Å². The first-order valence-electron chi connectivity index (χ1n) is 7.11. The van der Waals surface area contributed by atoms with E-state index in [0.29, 0.717) is 6.04 Å². The molecule has 1 fully saturated rings. The number of hydrogen-bond donors (Lipinski definition) is 1. The van der Waals surface area contributed by atoms with E-state index in [0.717, 1.165) is 19.0 Å². The van der Waals surface area contributed by atoms with Gasteiger partial charge in [-0.1, -0.05) is 25.1 Å². The molecule has 1 saturated heterocycles.